The van der Waals surface area contributed by atoms with Gasteiger partial charge in [-0.25, -0.2) is 0 Å². The first-order chi connectivity index (χ1) is 10.2. The van der Waals surface area contributed by atoms with Crippen LogP contribution < -0.4 is 10.6 Å². The monoisotopic (exact) mass is 303 g/mol. The fourth-order valence-electron chi connectivity index (χ4n) is 1.93. The molecule has 0 aliphatic heterocycles. The molecule has 4 nitrogen and oxygen atoms in total. The lowest BCUT2D eigenvalue weighted by molar-refractivity contribution is 0.0949. The molecular weight excluding hydrogens is 286 g/mol. The highest BCUT2D eigenvalue weighted by Gasteiger charge is 2.07. The normalized spacial score (nSPS) is 10.2. The van der Waals surface area contributed by atoms with E-state index in [1.807, 2.05) is 37.3 Å². The molecule has 1 heterocycles. The van der Waals surface area contributed by atoms with Gasteiger partial charge in [-0.05, 0) is 43.2 Å². The van der Waals surface area contributed by atoms with Gasteiger partial charge in [0.15, 0.2) is 0 Å². The molecule has 1 aromatic carbocycles. The van der Waals surface area contributed by atoms with Gasteiger partial charge in [-0.15, -0.1) is 0 Å². The Labute approximate surface area is 129 Å². The van der Waals surface area contributed by atoms with E-state index in [-0.39, 0.29) is 5.91 Å². The van der Waals surface area contributed by atoms with Gasteiger partial charge in [0.05, 0.1) is 0 Å². The highest BCUT2D eigenvalue weighted by Crippen LogP contribution is 2.10. The first-order valence-electron chi connectivity index (χ1n) is 6.91. The number of aromatic nitrogens is 1. The van der Waals surface area contributed by atoms with E-state index in [0.717, 1.165) is 24.2 Å². The topological polar surface area (TPSA) is 54.0 Å². The fourth-order valence-corrected chi connectivity index (χ4v) is 2.06. The van der Waals surface area contributed by atoms with Gasteiger partial charge in [-0.2, -0.15) is 0 Å². The summed E-state index contributed by atoms with van der Waals surface area (Å²) in [5.41, 5.74) is 2.45. The Morgan fingerprint density at radius 1 is 1.24 bits per heavy atom. The molecule has 0 atom stereocenters. The second kappa shape index (κ2) is 7.64. The van der Waals surface area contributed by atoms with E-state index in [1.165, 1.54) is 0 Å². The lowest BCUT2D eigenvalue weighted by Gasteiger charge is -2.07. The van der Waals surface area contributed by atoms with Crippen LogP contribution in [0.2, 0.25) is 5.02 Å². The van der Waals surface area contributed by atoms with Crippen LogP contribution in [-0.4, -0.2) is 24.0 Å². The molecule has 0 bridgehead atoms. The molecule has 0 fully saturated rings. The number of amides is 1. The summed E-state index contributed by atoms with van der Waals surface area (Å²) in [7, 11) is 0. The summed E-state index contributed by atoms with van der Waals surface area (Å²) in [5.74, 6) is -0.163. The van der Waals surface area contributed by atoms with Gasteiger partial charge in [0.2, 0.25) is 0 Å². The first kappa shape index (κ1) is 15.3. The lowest BCUT2D eigenvalue weighted by Crippen LogP contribution is -2.26. The van der Waals surface area contributed by atoms with Crippen molar-refractivity contribution in [2.75, 3.05) is 18.4 Å². The van der Waals surface area contributed by atoms with Gasteiger partial charge >= 0.3 is 0 Å². The second-order valence-corrected chi connectivity index (χ2v) is 5.03. The maximum atomic E-state index is 12.0. The zero-order valence-electron chi connectivity index (χ0n) is 11.9. The molecule has 1 amide bonds. The summed E-state index contributed by atoms with van der Waals surface area (Å²) in [6.07, 6.45) is 2.39. The number of rotatable bonds is 6. The number of pyridine rings is 1. The summed E-state index contributed by atoms with van der Waals surface area (Å²) in [5, 5.41) is 6.74. The van der Waals surface area contributed by atoms with Crippen LogP contribution in [0.4, 0.5) is 5.69 Å². The second-order valence-electron chi connectivity index (χ2n) is 4.59. The van der Waals surface area contributed by atoms with Crippen molar-refractivity contribution in [3.63, 3.8) is 0 Å². The maximum Gasteiger partial charge on any atom is 0.269 e. The molecule has 2 aromatic rings. The smallest absolute Gasteiger partial charge is 0.269 e. The molecule has 0 saturated heterocycles. The predicted molar refractivity (Wildman–Crippen MR) is 85.9 cm³/mol. The number of nitrogens with one attached hydrogen (secondary N) is 2. The molecule has 110 valence electrons. The zero-order valence-corrected chi connectivity index (χ0v) is 12.7. The summed E-state index contributed by atoms with van der Waals surface area (Å²) < 4.78 is 0. The van der Waals surface area contributed by atoms with Crippen LogP contribution in [0.15, 0.2) is 42.6 Å². The molecule has 0 aliphatic rings. The number of carbonyl (C=O) groups is 1. The van der Waals surface area contributed by atoms with Crippen LogP contribution in [0.25, 0.3) is 0 Å². The Balaban J connectivity index is 1.86. The molecule has 21 heavy (non-hydrogen) atoms. The predicted octanol–water partition coefficient (Wildman–Crippen LogP) is 3.14. The Morgan fingerprint density at radius 2 is 2.00 bits per heavy atom. The molecule has 2 rings (SSSR count). The number of benzene rings is 1. The minimum Gasteiger partial charge on any atom is -0.385 e. The van der Waals surface area contributed by atoms with Crippen molar-refractivity contribution in [3.05, 3.63) is 58.9 Å². The number of nitrogens with zero attached hydrogens (tertiary/aromatic N) is 1. The van der Waals surface area contributed by atoms with Gasteiger partial charge in [-0.3, -0.25) is 9.78 Å². The Morgan fingerprint density at radius 3 is 2.71 bits per heavy atom. The highest BCUT2D eigenvalue weighted by molar-refractivity contribution is 6.30. The van der Waals surface area contributed by atoms with Crippen molar-refractivity contribution in [2.45, 2.75) is 13.3 Å². The van der Waals surface area contributed by atoms with E-state index in [2.05, 4.69) is 15.6 Å². The third-order valence-corrected chi connectivity index (χ3v) is 3.24. The van der Waals surface area contributed by atoms with Gasteiger partial charge < -0.3 is 10.6 Å². The van der Waals surface area contributed by atoms with E-state index in [0.29, 0.717) is 17.3 Å². The number of hydrogen-bond donors (Lipinski definition) is 2. The summed E-state index contributed by atoms with van der Waals surface area (Å²) in [4.78, 5) is 16.1. The van der Waals surface area contributed by atoms with Gasteiger partial charge in [0.25, 0.3) is 5.91 Å². The van der Waals surface area contributed by atoms with E-state index in [9.17, 15) is 4.79 Å². The van der Waals surface area contributed by atoms with Crippen molar-refractivity contribution in [1.82, 2.24) is 10.3 Å². The molecule has 5 heteroatoms. The summed E-state index contributed by atoms with van der Waals surface area (Å²) in [6.45, 7) is 3.38. The van der Waals surface area contributed by atoms with Crippen LogP contribution in [-0.2, 0) is 6.42 Å². The van der Waals surface area contributed by atoms with Gasteiger partial charge in [-0.1, -0.05) is 23.7 Å². The first-order valence-corrected chi connectivity index (χ1v) is 7.29. The molecule has 2 N–H and O–H groups in total. The standard InChI is InChI=1S/C16H18ClN3O/c1-2-18-14-8-10-19-15(11-14)16(21)20-9-7-12-3-5-13(17)6-4-12/h3-6,8,10-11H,2,7,9H2,1H3,(H,18,19)(H,20,21). The van der Waals surface area contributed by atoms with E-state index >= 15 is 0 Å². The fraction of sp³-hybridized carbons (Fsp3) is 0.250. The molecule has 0 unspecified atom stereocenters. The highest BCUT2D eigenvalue weighted by atomic mass is 35.5. The molecule has 1 aromatic heterocycles. The molecule has 0 aliphatic carbocycles. The van der Waals surface area contributed by atoms with Crippen molar-refractivity contribution in [3.8, 4) is 0 Å². The largest absolute Gasteiger partial charge is 0.385 e. The Hall–Kier alpha value is -2.07. The molecule has 0 spiro atoms. The van der Waals surface area contributed by atoms with E-state index < -0.39 is 0 Å². The van der Waals surface area contributed by atoms with Crippen LogP contribution in [0, 0.1) is 0 Å². The Bertz CT molecular complexity index is 599. The third-order valence-electron chi connectivity index (χ3n) is 2.99. The van der Waals surface area contributed by atoms with Gasteiger partial charge in [0.1, 0.15) is 5.69 Å². The van der Waals surface area contributed by atoms with Crippen LogP contribution in [0.3, 0.4) is 0 Å². The van der Waals surface area contributed by atoms with Gasteiger partial charge in [0, 0.05) is 30.0 Å². The summed E-state index contributed by atoms with van der Waals surface area (Å²) >= 11 is 5.83. The lowest BCUT2D eigenvalue weighted by atomic mass is 10.1. The molecule has 0 radical (unpaired) electrons. The maximum absolute atomic E-state index is 12.0. The SMILES string of the molecule is CCNc1ccnc(C(=O)NCCc2ccc(Cl)cc2)c1. The van der Waals surface area contributed by atoms with Crippen molar-refractivity contribution < 1.29 is 4.79 Å². The number of carbonyl (C=O) groups excluding carboxylic acids is 1. The van der Waals surface area contributed by atoms with Crippen LogP contribution in [0.1, 0.15) is 23.0 Å². The van der Waals surface area contributed by atoms with Crippen LogP contribution in [0.5, 0.6) is 0 Å². The average Bonchev–Trinajstić information content (AvgIpc) is 2.50. The Kier molecular flexibility index (Phi) is 5.58. The number of halogens is 1. The van der Waals surface area contributed by atoms with Crippen molar-refractivity contribution in [1.29, 1.82) is 0 Å². The summed E-state index contributed by atoms with van der Waals surface area (Å²) in [6, 6.07) is 11.2. The third kappa shape index (κ3) is 4.76. The van der Waals surface area contributed by atoms with E-state index in [4.69, 9.17) is 11.6 Å². The zero-order chi connectivity index (χ0) is 15.1. The molecular formula is C16H18ClN3O. The minimum absolute atomic E-state index is 0.163. The van der Waals surface area contributed by atoms with E-state index in [1.54, 1.807) is 12.3 Å². The number of anilines is 1. The number of hydrogen-bond acceptors (Lipinski definition) is 3. The van der Waals surface area contributed by atoms with Crippen LogP contribution >= 0.6 is 11.6 Å². The van der Waals surface area contributed by atoms with Crippen molar-refractivity contribution in [2.24, 2.45) is 0 Å². The molecule has 0 saturated carbocycles. The minimum atomic E-state index is -0.163. The van der Waals surface area contributed by atoms with Crippen molar-refractivity contribution >= 4 is 23.2 Å². The average molecular weight is 304 g/mol. The quantitative estimate of drug-likeness (QED) is 0.862.